The van der Waals surface area contributed by atoms with Crippen LogP contribution in [0.2, 0.25) is 0 Å². The van der Waals surface area contributed by atoms with Crippen LogP contribution in [-0.4, -0.2) is 12.4 Å². The van der Waals surface area contributed by atoms with Crippen molar-refractivity contribution in [2.45, 2.75) is 51.9 Å². The summed E-state index contributed by atoms with van der Waals surface area (Å²) in [5, 5.41) is 0. The van der Waals surface area contributed by atoms with Crippen molar-refractivity contribution in [1.29, 1.82) is 0 Å². The van der Waals surface area contributed by atoms with E-state index in [2.05, 4.69) is 25.1 Å². The van der Waals surface area contributed by atoms with E-state index in [9.17, 15) is 4.79 Å². The van der Waals surface area contributed by atoms with Crippen molar-refractivity contribution in [3.63, 3.8) is 0 Å². The molecular weight excluding hydrogens is 248 g/mol. The highest BCUT2D eigenvalue weighted by Gasteiger charge is 2.24. The predicted molar refractivity (Wildman–Crippen MR) is 80.1 cm³/mol. The fourth-order valence-corrected chi connectivity index (χ4v) is 3.59. The van der Waals surface area contributed by atoms with Crippen molar-refractivity contribution in [2.24, 2.45) is 11.8 Å². The number of Topliss-reactive ketones (excluding diaryl/α,β-unsaturated/α-hetero) is 1. The van der Waals surface area contributed by atoms with E-state index in [0.29, 0.717) is 18.1 Å². The molecule has 0 saturated heterocycles. The average molecular weight is 272 g/mol. The number of hydrogen-bond donors (Lipinski definition) is 0. The third kappa shape index (κ3) is 3.05. The zero-order valence-corrected chi connectivity index (χ0v) is 12.4. The van der Waals surface area contributed by atoms with Gasteiger partial charge in [0.05, 0.1) is 6.61 Å². The zero-order valence-electron chi connectivity index (χ0n) is 12.4. The minimum atomic E-state index is 0.330. The Morgan fingerprint density at radius 1 is 1.35 bits per heavy atom. The van der Waals surface area contributed by atoms with Gasteiger partial charge < -0.3 is 4.74 Å². The van der Waals surface area contributed by atoms with E-state index in [1.54, 1.807) is 0 Å². The fourth-order valence-electron chi connectivity index (χ4n) is 3.59. The van der Waals surface area contributed by atoms with Crippen LogP contribution in [0.15, 0.2) is 18.2 Å². The van der Waals surface area contributed by atoms with Crippen molar-refractivity contribution in [3.8, 4) is 5.75 Å². The highest BCUT2D eigenvalue weighted by Crippen LogP contribution is 2.30. The Labute approximate surface area is 121 Å². The number of carbonyl (C=O) groups is 1. The Hall–Kier alpha value is -1.31. The molecule has 0 radical (unpaired) electrons. The van der Waals surface area contributed by atoms with Gasteiger partial charge in [0, 0.05) is 18.8 Å². The van der Waals surface area contributed by atoms with Gasteiger partial charge in [-0.05, 0) is 42.4 Å². The summed E-state index contributed by atoms with van der Waals surface area (Å²) >= 11 is 0. The molecule has 108 valence electrons. The molecule has 1 aromatic carbocycles. The summed E-state index contributed by atoms with van der Waals surface area (Å²) in [5.41, 5.74) is 2.59. The molecular formula is C18H24O2. The van der Waals surface area contributed by atoms with Gasteiger partial charge in [-0.2, -0.15) is 0 Å². The summed E-state index contributed by atoms with van der Waals surface area (Å²) in [6.45, 7) is 3.08. The Bertz CT molecular complexity index is 492. The monoisotopic (exact) mass is 272 g/mol. The molecule has 0 N–H and O–H groups in total. The van der Waals surface area contributed by atoms with Crippen molar-refractivity contribution >= 4 is 5.78 Å². The van der Waals surface area contributed by atoms with Gasteiger partial charge in [0.2, 0.25) is 0 Å². The van der Waals surface area contributed by atoms with Crippen molar-refractivity contribution in [2.75, 3.05) is 6.61 Å². The van der Waals surface area contributed by atoms with Gasteiger partial charge in [-0.3, -0.25) is 4.79 Å². The molecule has 2 heteroatoms. The maximum absolute atomic E-state index is 12.3. The topological polar surface area (TPSA) is 26.3 Å². The molecule has 0 amide bonds. The smallest absolute Gasteiger partial charge is 0.136 e. The van der Waals surface area contributed by atoms with Crippen LogP contribution < -0.4 is 4.74 Å². The average Bonchev–Trinajstić information content (AvgIpc) is 2.92. The zero-order chi connectivity index (χ0) is 13.9. The predicted octanol–water partition coefficient (Wildman–Crippen LogP) is 3.95. The summed E-state index contributed by atoms with van der Waals surface area (Å²) in [4.78, 5) is 12.3. The maximum atomic E-state index is 12.3. The standard InChI is InChI=1S/C18H24O2/c1-13-3-2-4-15(11-13)17(19)7-5-14-6-8-18-16(12-14)9-10-20-18/h6,8,12-13,15H,2-5,7,9-11H2,1H3. The molecule has 1 aliphatic carbocycles. The molecule has 1 saturated carbocycles. The lowest BCUT2D eigenvalue weighted by Crippen LogP contribution is -2.22. The first-order valence-corrected chi connectivity index (χ1v) is 7.99. The summed E-state index contributed by atoms with van der Waals surface area (Å²) in [6, 6.07) is 6.39. The summed E-state index contributed by atoms with van der Waals surface area (Å²) in [6.07, 6.45) is 7.35. The maximum Gasteiger partial charge on any atom is 0.136 e. The molecule has 2 nitrogen and oxygen atoms in total. The van der Waals surface area contributed by atoms with Gasteiger partial charge in [-0.1, -0.05) is 31.9 Å². The Morgan fingerprint density at radius 2 is 2.25 bits per heavy atom. The van der Waals surface area contributed by atoms with Crippen molar-refractivity contribution in [3.05, 3.63) is 29.3 Å². The van der Waals surface area contributed by atoms with E-state index >= 15 is 0 Å². The summed E-state index contributed by atoms with van der Waals surface area (Å²) in [7, 11) is 0. The number of benzene rings is 1. The van der Waals surface area contributed by atoms with E-state index in [1.807, 2.05) is 0 Å². The van der Waals surface area contributed by atoms with Crippen LogP contribution >= 0.6 is 0 Å². The normalized spacial score (nSPS) is 25.1. The SMILES string of the molecule is CC1CCCC(C(=O)CCc2ccc3c(c2)CCO3)C1. The number of aryl methyl sites for hydroxylation is 1. The highest BCUT2D eigenvalue weighted by atomic mass is 16.5. The second kappa shape index (κ2) is 5.99. The molecule has 20 heavy (non-hydrogen) atoms. The lowest BCUT2D eigenvalue weighted by molar-refractivity contribution is -0.124. The number of ether oxygens (including phenoxy) is 1. The van der Waals surface area contributed by atoms with Gasteiger partial charge in [0.25, 0.3) is 0 Å². The number of hydrogen-bond acceptors (Lipinski definition) is 2. The highest BCUT2D eigenvalue weighted by molar-refractivity contribution is 5.81. The Balaban J connectivity index is 1.55. The minimum Gasteiger partial charge on any atom is -0.493 e. The van der Waals surface area contributed by atoms with Gasteiger partial charge in [0.1, 0.15) is 11.5 Å². The molecule has 1 heterocycles. The number of fused-ring (bicyclic) bond motifs is 1. The van der Waals surface area contributed by atoms with E-state index in [-0.39, 0.29) is 0 Å². The fraction of sp³-hybridized carbons (Fsp3) is 0.611. The van der Waals surface area contributed by atoms with E-state index in [0.717, 1.165) is 44.0 Å². The number of carbonyl (C=O) groups excluding carboxylic acids is 1. The van der Waals surface area contributed by atoms with Gasteiger partial charge in [-0.15, -0.1) is 0 Å². The van der Waals surface area contributed by atoms with E-state index in [1.165, 1.54) is 24.0 Å². The minimum absolute atomic E-state index is 0.330. The second-order valence-electron chi connectivity index (χ2n) is 6.48. The van der Waals surface area contributed by atoms with Crippen LogP contribution in [0.3, 0.4) is 0 Å². The van der Waals surface area contributed by atoms with Crippen LogP contribution in [0, 0.1) is 11.8 Å². The molecule has 2 atom stereocenters. The first-order valence-electron chi connectivity index (χ1n) is 7.99. The quantitative estimate of drug-likeness (QED) is 0.829. The number of ketones is 1. The first-order chi connectivity index (χ1) is 9.72. The third-order valence-electron chi connectivity index (χ3n) is 4.81. The molecule has 3 rings (SSSR count). The van der Waals surface area contributed by atoms with Crippen LogP contribution in [0.25, 0.3) is 0 Å². The van der Waals surface area contributed by atoms with Crippen LogP contribution in [-0.2, 0) is 17.6 Å². The molecule has 0 bridgehead atoms. The Morgan fingerprint density at radius 3 is 3.10 bits per heavy atom. The van der Waals surface area contributed by atoms with Gasteiger partial charge in [0.15, 0.2) is 0 Å². The second-order valence-corrected chi connectivity index (χ2v) is 6.48. The Kier molecular flexibility index (Phi) is 4.09. The lowest BCUT2D eigenvalue weighted by Gasteiger charge is -2.25. The summed E-state index contributed by atoms with van der Waals surface area (Å²) < 4.78 is 5.52. The molecule has 2 aliphatic rings. The molecule has 2 unspecified atom stereocenters. The van der Waals surface area contributed by atoms with E-state index in [4.69, 9.17) is 4.74 Å². The van der Waals surface area contributed by atoms with E-state index < -0.39 is 0 Å². The molecule has 0 aromatic heterocycles. The molecule has 0 spiro atoms. The molecule has 1 aliphatic heterocycles. The van der Waals surface area contributed by atoms with Crippen molar-refractivity contribution < 1.29 is 9.53 Å². The largest absolute Gasteiger partial charge is 0.493 e. The lowest BCUT2D eigenvalue weighted by atomic mass is 9.79. The first kappa shape index (κ1) is 13.7. The molecule has 1 aromatic rings. The summed E-state index contributed by atoms with van der Waals surface area (Å²) in [5.74, 6) is 2.57. The van der Waals surface area contributed by atoms with Crippen LogP contribution in [0.5, 0.6) is 5.75 Å². The third-order valence-corrected chi connectivity index (χ3v) is 4.81. The van der Waals surface area contributed by atoms with Crippen LogP contribution in [0.1, 0.15) is 50.2 Å². The van der Waals surface area contributed by atoms with Gasteiger partial charge in [-0.25, -0.2) is 0 Å². The van der Waals surface area contributed by atoms with Crippen LogP contribution in [0.4, 0.5) is 0 Å². The van der Waals surface area contributed by atoms with Gasteiger partial charge >= 0.3 is 0 Å². The molecule has 1 fully saturated rings. The number of rotatable bonds is 4. The van der Waals surface area contributed by atoms with Crippen molar-refractivity contribution in [1.82, 2.24) is 0 Å².